The van der Waals surface area contributed by atoms with Gasteiger partial charge in [-0.3, -0.25) is 9.59 Å². The number of carbonyl (C=O) groups excluding carboxylic acids is 2. The van der Waals surface area contributed by atoms with Crippen LogP contribution in [0.3, 0.4) is 0 Å². The summed E-state index contributed by atoms with van der Waals surface area (Å²) in [7, 11) is -4.51. The van der Waals surface area contributed by atoms with E-state index in [0.29, 0.717) is 10.7 Å². The minimum Gasteiger partial charge on any atom is -0.460 e. The first kappa shape index (κ1) is 23.0. The Hall–Kier alpha value is -0.280. The zero-order valence-corrected chi connectivity index (χ0v) is 18.6. The first-order valence-electron chi connectivity index (χ1n) is 8.74. The van der Waals surface area contributed by atoms with E-state index in [9.17, 15) is 18.0 Å². The first-order valence-corrected chi connectivity index (χ1v) is 11.2. The first-order chi connectivity index (χ1) is 12.2. The lowest BCUT2D eigenvalue weighted by molar-refractivity contribution is -0.147. The van der Waals surface area contributed by atoms with Crippen molar-refractivity contribution in [2.45, 2.75) is 56.5 Å². The highest BCUT2D eigenvalue weighted by molar-refractivity contribution is 7.85. The zero-order valence-electron chi connectivity index (χ0n) is 15.5. The Bertz CT molecular complexity index is 691. The number of esters is 1. The van der Waals surface area contributed by atoms with Crippen LogP contribution in [0.5, 0.6) is 0 Å². The summed E-state index contributed by atoms with van der Waals surface area (Å²) >= 11 is 16.7. The number of hydrogen-bond acceptors (Lipinski definition) is 6. The smallest absolute Gasteiger partial charge is 0.365 e. The molecule has 2 heterocycles. The van der Waals surface area contributed by atoms with Crippen molar-refractivity contribution in [2.75, 3.05) is 6.61 Å². The van der Waals surface area contributed by atoms with Crippen LogP contribution in [0, 0.1) is 23.7 Å². The maximum absolute atomic E-state index is 12.8. The van der Waals surface area contributed by atoms with Crippen molar-refractivity contribution in [1.82, 2.24) is 4.31 Å². The quantitative estimate of drug-likeness (QED) is 0.443. The van der Waals surface area contributed by atoms with Gasteiger partial charge in [0.1, 0.15) is 12.7 Å². The Morgan fingerprint density at radius 2 is 1.67 bits per heavy atom. The lowest BCUT2D eigenvalue weighted by atomic mass is 9.88. The standard InChI is InChI=1S/C16H24Cl3NO6S/c1-8(2)10-5-12(13-6-11(9(3)4)15(22)26-13)20(14(10)21)27(23,24)25-7-16(17,18)19/h8-13H,5-7H2,1-4H3/t10-,11-,12?,13-/m0/s1. The number of carbonyl (C=O) groups is 2. The van der Waals surface area contributed by atoms with Crippen LogP contribution in [0.15, 0.2) is 0 Å². The van der Waals surface area contributed by atoms with Gasteiger partial charge in [0, 0.05) is 5.92 Å². The summed E-state index contributed by atoms with van der Waals surface area (Å²) < 4.78 is 34.3. The molecule has 2 rings (SSSR count). The fraction of sp³-hybridized carbons (Fsp3) is 0.875. The van der Waals surface area contributed by atoms with Crippen LogP contribution in [-0.2, 0) is 28.8 Å². The maximum atomic E-state index is 12.8. The molecule has 0 N–H and O–H groups in total. The van der Waals surface area contributed by atoms with Crippen molar-refractivity contribution >= 4 is 57.0 Å². The van der Waals surface area contributed by atoms with E-state index in [1.165, 1.54) is 0 Å². The molecule has 0 aromatic carbocycles. The SMILES string of the molecule is CC(C)[C@@H]1C[C@@H](C2C[C@@H](C(C)C)C(=O)N2S(=O)(=O)OCC(Cl)(Cl)Cl)OC1=O. The molecule has 2 aliphatic heterocycles. The molecular weight excluding hydrogens is 441 g/mol. The van der Waals surface area contributed by atoms with Crippen LogP contribution in [-0.4, -0.2) is 47.1 Å². The molecule has 4 atom stereocenters. The van der Waals surface area contributed by atoms with E-state index < -0.39 is 44.7 Å². The number of amides is 1. The Kier molecular flexibility index (Phi) is 7.01. The molecule has 2 fully saturated rings. The van der Waals surface area contributed by atoms with Gasteiger partial charge < -0.3 is 4.74 Å². The number of rotatable bonds is 6. The van der Waals surface area contributed by atoms with E-state index in [-0.39, 0.29) is 30.1 Å². The average Bonchev–Trinajstić information content (AvgIpc) is 3.05. The normalized spacial score (nSPS) is 29.9. The molecule has 2 saturated heterocycles. The summed E-state index contributed by atoms with van der Waals surface area (Å²) in [6.45, 7) is 6.71. The third-order valence-corrected chi connectivity index (χ3v) is 6.71. The molecule has 1 amide bonds. The van der Waals surface area contributed by atoms with Gasteiger partial charge in [-0.1, -0.05) is 62.5 Å². The van der Waals surface area contributed by atoms with Crippen LogP contribution in [0.4, 0.5) is 0 Å². The molecule has 11 heteroatoms. The lowest BCUT2D eigenvalue weighted by Crippen LogP contribution is -2.46. The van der Waals surface area contributed by atoms with E-state index in [4.69, 9.17) is 43.7 Å². The maximum Gasteiger partial charge on any atom is 0.365 e. The minimum absolute atomic E-state index is 0.0474. The number of nitrogens with zero attached hydrogens (tertiary/aromatic N) is 1. The minimum atomic E-state index is -4.51. The van der Waals surface area contributed by atoms with Crippen molar-refractivity contribution in [1.29, 1.82) is 0 Å². The third-order valence-electron chi connectivity index (χ3n) is 5.04. The molecule has 0 aromatic rings. The molecule has 0 aromatic heterocycles. The molecule has 0 bridgehead atoms. The van der Waals surface area contributed by atoms with Crippen LogP contribution < -0.4 is 0 Å². The van der Waals surface area contributed by atoms with E-state index in [2.05, 4.69) is 0 Å². The molecule has 2 aliphatic rings. The molecule has 156 valence electrons. The summed E-state index contributed by atoms with van der Waals surface area (Å²) in [5, 5.41) is 0. The van der Waals surface area contributed by atoms with Crippen LogP contribution in [0.1, 0.15) is 40.5 Å². The van der Waals surface area contributed by atoms with Crippen LogP contribution in [0.25, 0.3) is 0 Å². The fourth-order valence-corrected chi connectivity index (χ4v) is 5.24. The highest BCUT2D eigenvalue weighted by Crippen LogP contribution is 2.40. The second kappa shape index (κ2) is 8.22. The summed E-state index contributed by atoms with van der Waals surface area (Å²) in [4.78, 5) is 24.9. The summed E-state index contributed by atoms with van der Waals surface area (Å²) in [5.41, 5.74) is 0. The van der Waals surface area contributed by atoms with Gasteiger partial charge in [0.25, 0.3) is 0 Å². The van der Waals surface area contributed by atoms with E-state index in [0.717, 1.165) is 0 Å². The molecule has 0 aliphatic carbocycles. The Balaban J connectivity index is 2.30. The number of alkyl halides is 3. The highest BCUT2D eigenvalue weighted by atomic mass is 35.6. The fourth-order valence-electron chi connectivity index (χ4n) is 3.53. The van der Waals surface area contributed by atoms with Crippen LogP contribution in [0.2, 0.25) is 0 Å². The molecule has 0 saturated carbocycles. The van der Waals surface area contributed by atoms with E-state index >= 15 is 0 Å². The molecule has 1 unspecified atom stereocenters. The topological polar surface area (TPSA) is 90.0 Å². The Morgan fingerprint density at radius 3 is 2.11 bits per heavy atom. The van der Waals surface area contributed by atoms with E-state index in [1.54, 1.807) is 0 Å². The largest absolute Gasteiger partial charge is 0.460 e. The van der Waals surface area contributed by atoms with Crippen LogP contribution >= 0.6 is 34.8 Å². The van der Waals surface area contributed by atoms with Gasteiger partial charge in [-0.25, -0.2) is 8.49 Å². The van der Waals surface area contributed by atoms with Crippen molar-refractivity contribution in [3.63, 3.8) is 0 Å². The number of halogens is 3. The van der Waals surface area contributed by atoms with Gasteiger partial charge in [-0.2, -0.15) is 8.42 Å². The van der Waals surface area contributed by atoms with Crippen molar-refractivity contribution in [3.05, 3.63) is 0 Å². The predicted octanol–water partition coefficient (Wildman–Crippen LogP) is 3.08. The molecular formula is C16H24Cl3NO6S. The number of cyclic esters (lactones) is 1. The molecule has 27 heavy (non-hydrogen) atoms. The van der Waals surface area contributed by atoms with Gasteiger partial charge >= 0.3 is 16.3 Å². The van der Waals surface area contributed by atoms with Crippen molar-refractivity contribution < 1.29 is 26.9 Å². The third kappa shape index (κ3) is 5.21. The Labute approximate surface area is 174 Å². The molecule has 0 radical (unpaired) electrons. The second-order valence-corrected chi connectivity index (χ2v) is 11.7. The average molecular weight is 465 g/mol. The zero-order chi connectivity index (χ0) is 20.7. The van der Waals surface area contributed by atoms with Gasteiger partial charge in [-0.15, -0.1) is 0 Å². The Morgan fingerprint density at radius 1 is 1.11 bits per heavy atom. The van der Waals surface area contributed by atoms with E-state index in [1.807, 2.05) is 27.7 Å². The predicted molar refractivity (Wildman–Crippen MR) is 102 cm³/mol. The highest BCUT2D eigenvalue weighted by Gasteiger charge is 2.54. The summed E-state index contributed by atoms with van der Waals surface area (Å²) in [5.74, 6) is -1.89. The van der Waals surface area contributed by atoms with Gasteiger partial charge in [0.2, 0.25) is 9.70 Å². The monoisotopic (exact) mass is 463 g/mol. The van der Waals surface area contributed by atoms with Gasteiger partial charge in [0.15, 0.2) is 0 Å². The summed E-state index contributed by atoms with van der Waals surface area (Å²) in [6, 6.07) is -0.835. The lowest BCUT2D eigenvalue weighted by Gasteiger charge is -2.27. The van der Waals surface area contributed by atoms with Crippen molar-refractivity contribution in [3.8, 4) is 0 Å². The summed E-state index contributed by atoms with van der Waals surface area (Å²) in [6.07, 6.45) is -0.130. The number of hydrogen-bond donors (Lipinski definition) is 0. The van der Waals surface area contributed by atoms with Gasteiger partial charge in [-0.05, 0) is 24.7 Å². The molecule has 0 spiro atoms. The molecule has 7 nitrogen and oxygen atoms in total. The van der Waals surface area contributed by atoms with Crippen molar-refractivity contribution in [2.24, 2.45) is 23.7 Å². The second-order valence-electron chi connectivity index (χ2n) is 7.68. The number of ether oxygens (including phenoxy) is 1. The van der Waals surface area contributed by atoms with Gasteiger partial charge in [0.05, 0.1) is 12.0 Å².